The second-order valence-electron chi connectivity index (χ2n) is 6.72. The highest BCUT2D eigenvalue weighted by atomic mass is 19.1. The Morgan fingerprint density at radius 1 is 1.15 bits per heavy atom. The Balaban J connectivity index is 1.70. The molecule has 0 aliphatic carbocycles. The van der Waals surface area contributed by atoms with Crippen molar-refractivity contribution in [2.45, 2.75) is 13.8 Å². The van der Waals surface area contributed by atoms with Crippen molar-refractivity contribution in [2.24, 2.45) is 0 Å². The van der Waals surface area contributed by atoms with Gasteiger partial charge in [0.25, 0.3) is 5.91 Å². The molecule has 6 heteroatoms. The van der Waals surface area contributed by atoms with Gasteiger partial charge in [0.1, 0.15) is 11.6 Å². The number of hydrogen-bond acceptors (Lipinski definition) is 4. The van der Waals surface area contributed by atoms with Crippen LogP contribution < -0.4 is 15.0 Å². The lowest BCUT2D eigenvalue weighted by molar-refractivity contribution is 0.102. The van der Waals surface area contributed by atoms with E-state index < -0.39 is 11.7 Å². The molecule has 0 radical (unpaired) electrons. The number of likely N-dealkylation sites (N-methyl/N-ethyl adjacent to an activating group) is 1. The normalized spacial score (nSPS) is 14.9. The van der Waals surface area contributed by atoms with Crippen molar-refractivity contribution in [3.05, 3.63) is 53.3 Å². The molecule has 0 spiro atoms. The number of anilines is 2. The van der Waals surface area contributed by atoms with Crippen LogP contribution >= 0.6 is 0 Å². The van der Waals surface area contributed by atoms with Crippen LogP contribution in [0.15, 0.2) is 36.4 Å². The molecule has 1 fully saturated rings. The number of amides is 1. The second-order valence-corrected chi connectivity index (χ2v) is 6.72. The highest BCUT2D eigenvalue weighted by Crippen LogP contribution is 2.25. The van der Waals surface area contributed by atoms with Crippen molar-refractivity contribution in [2.75, 3.05) is 50.1 Å². The lowest BCUT2D eigenvalue weighted by atomic mass is 10.1. The summed E-state index contributed by atoms with van der Waals surface area (Å²) in [4.78, 5) is 17.2. The second kappa shape index (κ2) is 8.39. The van der Waals surface area contributed by atoms with Gasteiger partial charge in [0.15, 0.2) is 0 Å². The lowest BCUT2D eigenvalue weighted by Crippen LogP contribution is -2.46. The first-order chi connectivity index (χ1) is 13.0. The molecule has 2 aromatic carbocycles. The SMILES string of the molecule is CCN1CCN(c2ccc(NC(=O)c3ccc(OC)cc3F)c(C)c2)CC1. The van der Waals surface area contributed by atoms with Gasteiger partial charge in [-0.2, -0.15) is 0 Å². The fraction of sp³-hybridized carbons (Fsp3) is 0.381. The third-order valence-corrected chi connectivity index (χ3v) is 5.06. The Hall–Kier alpha value is -2.60. The van der Waals surface area contributed by atoms with E-state index in [4.69, 9.17) is 4.74 Å². The Kier molecular flexibility index (Phi) is 5.96. The van der Waals surface area contributed by atoms with Crippen LogP contribution in [0.1, 0.15) is 22.8 Å². The number of rotatable bonds is 5. The predicted molar refractivity (Wildman–Crippen MR) is 106 cm³/mol. The van der Waals surface area contributed by atoms with Gasteiger partial charge in [-0.1, -0.05) is 6.92 Å². The maximum absolute atomic E-state index is 14.1. The van der Waals surface area contributed by atoms with Gasteiger partial charge in [-0.15, -0.1) is 0 Å². The topological polar surface area (TPSA) is 44.8 Å². The van der Waals surface area contributed by atoms with E-state index in [1.807, 2.05) is 19.1 Å². The average Bonchev–Trinajstić information content (AvgIpc) is 2.69. The van der Waals surface area contributed by atoms with Crippen LogP contribution in [0.2, 0.25) is 0 Å². The number of hydrogen-bond donors (Lipinski definition) is 1. The summed E-state index contributed by atoms with van der Waals surface area (Å²) < 4.78 is 19.1. The molecular weight excluding hydrogens is 345 g/mol. The molecule has 0 bridgehead atoms. The molecule has 1 N–H and O–H groups in total. The van der Waals surface area contributed by atoms with E-state index in [1.54, 1.807) is 6.07 Å². The summed E-state index contributed by atoms with van der Waals surface area (Å²) in [6, 6.07) is 10.2. The van der Waals surface area contributed by atoms with Crippen LogP contribution in [0.25, 0.3) is 0 Å². The quantitative estimate of drug-likeness (QED) is 0.873. The summed E-state index contributed by atoms with van der Waals surface area (Å²) in [6.45, 7) is 9.33. The molecule has 0 unspecified atom stereocenters. The third kappa shape index (κ3) is 4.39. The molecule has 1 aliphatic rings. The molecule has 1 saturated heterocycles. The standard InChI is InChI=1S/C21H26FN3O2/c1-4-24-9-11-25(12-10-24)16-5-8-20(15(2)13-16)23-21(26)18-7-6-17(27-3)14-19(18)22/h5-8,13-14H,4,9-12H2,1-3H3,(H,23,26). The van der Waals surface area contributed by atoms with Crippen molar-refractivity contribution >= 4 is 17.3 Å². The van der Waals surface area contributed by atoms with E-state index in [0.29, 0.717) is 11.4 Å². The maximum atomic E-state index is 14.1. The zero-order valence-electron chi connectivity index (χ0n) is 16.1. The maximum Gasteiger partial charge on any atom is 0.258 e. The zero-order chi connectivity index (χ0) is 19.4. The molecule has 0 saturated carbocycles. The summed E-state index contributed by atoms with van der Waals surface area (Å²) in [5.74, 6) is -0.690. The van der Waals surface area contributed by atoms with Crippen LogP contribution in [0, 0.1) is 12.7 Å². The van der Waals surface area contributed by atoms with Gasteiger partial charge in [0.05, 0.1) is 12.7 Å². The number of piperazine rings is 1. The summed E-state index contributed by atoms with van der Waals surface area (Å²) >= 11 is 0. The molecule has 5 nitrogen and oxygen atoms in total. The van der Waals surface area contributed by atoms with Crippen molar-refractivity contribution in [1.82, 2.24) is 4.90 Å². The largest absolute Gasteiger partial charge is 0.497 e. The van der Waals surface area contributed by atoms with Gasteiger partial charge in [-0.3, -0.25) is 4.79 Å². The number of halogens is 1. The first-order valence-electron chi connectivity index (χ1n) is 9.24. The van der Waals surface area contributed by atoms with Gasteiger partial charge in [-0.05, 0) is 49.4 Å². The van der Waals surface area contributed by atoms with Gasteiger partial charge in [-0.25, -0.2) is 4.39 Å². The van der Waals surface area contributed by atoms with Crippen LogP contribution in [-0.2, 0) is 0 Å². The van der Waals surface area contributed by atoms with Crippen LogP contribution in [-0.4, -0.2) is 50.6 Å². The minimum atomic E-state index is -0.602. The van der Waals surface area contributed by atoms with Gasteiger partial charge >= 0.3 is 0 Å². The van der Waals surface area contributed by atoms with Crippen molar-refractivity contribution in [3.63, 3.8) is 0 Å². The number of nitrogens with one attached hydrogen (secondary N) is 1. The van der Waals surface area contributed by atoms with E-state index in [-0.39, 0.29) is 5.56 Å². The van der Waals surface area contributed by atoms with Gasteiger partial charge in [0, 0.05) is 43.6 Å². The Labute approximate surface area is 159 Å². The predicted octanol–water partition coefficient (Wildman–Crippen LogP) is 3.54. The van der Waals surface area contributed by atoms with Gasteiger partial charge in [0.2, 0.25) is 0 Å². The number of nitrogens with zero attached hydrogens (tertiary/aromatic N) is 2. The molecule has 1 aliphatic heterocycles. The molecule has 144 valence electrons. The minimum absolute atomic E-state index is 0.00466. The molecule has 27 heavy (non-hydrogen) atoms. The molecule has 2 aromatic rings. The van der Waals surface area contributed by atoms with Crippen molar-refractivity contribution < 1.29 is 13.9 Å². The molecule has 0 aromatic heterocycles. The Morgan fingerprint density at radius 3 is 2.48 bits per heavy atom. The molecule has 0 atom stereocenters. The Bertz CT molecular complexity index is 817. The fourth-order valence-electron chi connectivity index (χ4n) is 3.30. The number of carbonyl (C=O) groups is 1. The average molecular weight is 371 g/mol. The molecule has 3 rings (SSSR count). The molecule has 1 heterocycles. The van der Waals surface area contributed by atoms with E-state index in [1.165, 1.54) is 19.2 Å². The van der Waals surface area contributed by atoms with Crippen LogP contribution in [0.4, 0.5) is 15.8 Å². The van der Waals surface area contributed by atoms with E-state index in [0.717, 1.165) is 44.0 Å². The lowest BCUT2D eigenvalue weighted by Gasteiger charge is -2.35. The number of methoxy groups -OCH3 is 1. The van der Waals surface area contributed by atoms with Crippen LogP contribution in [0.5, 0.6) is 5.75 Å². The number of aryl methyl sites for hydroxylation is 1. The van der Waals surface area contributed by atoms with Gasteiger partial charge < -0.3 is 19.9 Å². The summed E-state index contributed by atoms with van der Waals surface area (Å²) in [7, 11) is 1.46. The van der Waals surface area contributed by atoms with E-state index in [9.17, 15) is 9.18 Å². The minimum Gasteiger partial charge on any atom is -0.497 e. The van der Waals surface area contributed by atoms with E-state index in [2.05, 4.69) is 28.1 Å². The number of ether oxygens (including phenoxy) is 1. The summed E-state index contributed by atoms with van der Waals surface area (Å²) in [5.41, 5.74) is 2.78. The third-order valence-electron chi connectivity index (χ3n) is 5.06. The molecule has 1 amide bonds. The summed E-state index contributed by atoms with van der Waals surface area (Å²) in [6.07, 6.45) is 0. The first kappa shape index (κ1) is 19.2. The highest BCUT2D eigenvalue weighted by molar-refractivity contribution is 6.05. The first-order valence-corrected chi connectivity index (χ1v) is 9.24. The highest BCUT2D eigenvalue weighted by Gasteiger charge is 2.17. The van der Waals surface area contributed by atoms with Crippen molar-refractivity contribution in [1.29, 1.82) is 0 Å². The van der Waals surface area contributed by atoms with Crippen LogP contribution in [0.3, 0.4) is 0 Å². The smallest absolute Gasteiger partial charge is 0.258 e. The zero-order valence-corrected chi connectivity index (χ0v) is 16.1. The monoisotopic (exact) mass is 371 g/mol. The number of benzene rings is 2. The van der Waals surface area contributed by atoms with Crippen molar-refractivity contribution in [3.8, 4) is 5.75 Å². The Morgan fingerprint density at radius 2 is 1.89 bits per heavy atom. The fourth-order valence-corrected chi connectivity index (χ4v) is 3.30. The number of carbonyl (C=O) groups excluding carboxylic acids is 1. The molecular formula is C21H26FN3O2. The van der Waals surface area contributed by atoms with E-state index >= 15 is 0 Å². The summed E-state index contributed by atoms with van der Waals surface area (Å²) in [5, 5.41) is 2.80.